The molecule has 0 aliphatic carbocycles. The molecule has 0 fully saturated rings. The molecule has 0 radical (unpaired) electrons. The lowest BCUT2D eigenvalue weighted by molar-refractivity contribution is 0.306. The number of benzene rings is 1. The van der Waals surface area contributed by atoms with E-state index in [-0.39, 0.29) is 11.3 Å². The molecule has 1 aromatic carbocycles. The van der Waals surface area contributed by atoms with Crippen LogP contribution >= 0.6 is 11.8 Å². The Balaban J connectivity index is 2.51. The average Bonchev–Trinajstić information content (AvgIpc) is 2.37. The molecule has 0 spiro atoms. The Morgan fingerprint density at radius 2 is 2.22 bits per heavy atom. The highest BCUT2D eigenvalue weighted by Gasteiger charge is 2.22. The van der Waals surface area contributed by atoms with Gasteiger partial charge in [0.05, 0.1) is 0 Å². The molecule has 0 atom stereocenters. The molecule has 1 aromatic rings. The van der Waals surface area contributed by atoms with E-state index in [0.717, 1.165) is 18.7 Å². The van der Waals surface area contributed by atoms with Crippen LogP contribution in [0.1, 0.15) is 20.3 Å². The van der Waals surface area contributed by atoms with Crippen LogP contribution in [0, 0.1) is 5.41 Å². The third-order valence-corrected chi connectivity index (χ3v) is 3.68. The minimum absolute atomic E-state index is 0.266. The summed E-state index contributed by atoms with van der Waals surface area (Å²) < 4.78 is 0. The molecule has 100 valence electrons. The predicted octanol–water partition coefficient (Wildman–Crippen LogP) is 2.98. The molecule has 0 unspecified atom stereocenters. The van der Waals surface area contributed by atoms with Crippen LogP contribution in [-0.2, 0) is 0 Å². The predicted molar refractivity (Wildman–Crippen MR) is 78.5 cm³/mol. The molecule has 18 heavy (non-hydrogen) atoms. The monoisotopic (exact) mass is 267 g/mol. The summed E-state index contributed by atoms with van der Waals surface area (Å²) >= 11 is 1.72. The lowest BCUT2D eigenvalue weighted by Gasteiger charge is -2.23. The largest absolute Gasteiger partial charge is 0.409 e. The fraction of sp³-hybridized carbons (Fsp3) is 0.462. The summed E-state index contributed by atoms with van der Waals surface area (Å²) in [5, 5.41) is 15.1. The van der Waals surface area contributed by atoms with Crippen molar-refractivity contribution in [2.24, 2.45) is 16.3 Å². The first-order chi connectivity index (χ1) is 8.49. The molecule has 4 nitrogen and oxygen atoms in total. The maximum atomic E-state index is 8.69. The molecule has 0 saturated heterocycles. The Labute approximate surface area is 113 Å². The highest BCUT2D eigenvalue weighted by molar-refractivity contribution is 7.98. The number of hydrogen-bond acceptors (Lipinski definition) is 4. The van der Waals surface area contributed by atoms with E-state index in [4.69, 9.17) is 10.9 Å². The van der Waals surface area contributed by atoms with E-state index in [1.165, 1.54) is 4.90 Å². The number of rotatable bonds is 6. The summed E-state index contributed by atoms with van der Waals surface area (Å²) in [7, 11) is 0. The molecule has 0 saturated carbocycles. The quantitative estimate of drug-likeness (QED) is 0.244. The van der Waals surface area contributed by atoms with Crippen LogP contribution in [0.15, 0.2) is 34.3 Å². The number of hydrogen-bond donors (Lipinski definition) is 3. The van der Waals surface area contributed by atoms with Crippen molar-refractivity contribution in [2.75, 3.05) is 18.1 Å². The van der Waals surface area contributed by atoms with Gasteiger partial charge in [-0.3, -0.25) is 0 Å². The van der Waals surface area contributed by atoms with Gasteiger partial charge in [-0.05, 0) is 30.9 Å². The lowest BCUT2D eigenvalue weighted by Crippen LogP contribution is -2.33. The van der Waals surface area contributed by atoms with Gasteiger partial charge < -0.3 is 16.3 Å². The van der Waals surface area contributed by atoms with Crippen LogP contribution in [0.4, 0.5) is 5.69 Å². The average molecular weight is 267 g/mol. The van der Waals surface area contributed by atoms with Gasteiger partial charge in [-0.25, -0.2) is 0 Å². The fourth-order valence-corrected chi connectivity index (χ4v) is 1.98. The summed E-state index contributed by atoms with van der Waals surface area (Å²) in [6.45, 7) is 4.70. The van der Waals surface area contributed by atoms with Crippen LogP contribution in [0.3, 0.4) is 0 Å². The molecule has 4 N–H and O–H groups in total. The van der Waals surface area contributed by atoms with E-state index in [2.05, 4.69) is 28.9 Å². The molecule has 0 aliphatic rings. The first-order valence-electron chi connectivity index (χ1n) is 5.85. The Kier molecular flexibility index (Phi) is 5.34. The third-order valence-electron chi connectivity index (χ3n) is 2.95. The second-order valence-electron chi connectivity index (χ2n) is 4.78. The van der Waals surface area contributed by atoms with Crippen molar-refractivity contribution >= 4 is 23.3 Å². The van der Waals surface area contributed by atoms with Crippen molar-refractivity contribution in [3.8, 4) is 0 Å². The van der Waals surface area contributed by atoms with Gasteiger partial charge in [-0.2, -0.15) is 0 Å². The minimum atomic E-state index is -0.307. The van der Waals surface area contributed by atoms with E-state index >= 15 is 0 Å². The van der Waals surface area contributed by atoms with Gasteiger partial charge in [-0.1, -0.05) is 25.1 Å². The second-order valence-corrected chi connectivity index (χ2v) is 5.66. The van der Waals surface area contributed by atoms with E-state index in [9.17, 15) is 0 Å². The minimum Gasteiger partial charge on any atom is -0.409 e. The van der Waals surface area contributed by atoms with Crippen molar-refractivity contribution in [1.82, 2.24) is 0 Å². The SMILES string of the molecule is CSc1cccc(NCCC(C)(C)C(N)=NO)c1. The van der Waals surface area contributed by atoms with Crippen LogP contribution in [-0.4, -0.2) is 23.8 Å². The first-order valence-corrected chi connectivity index (χ1v) is 7.08. The molecule has 1 rings (SSSR count). The maximum absolute atomic E-state index is 8.69. The van der Waals surface area contributed by atoms with Gasteiger partial charge >= 0.3 is 0 Å². The zero-order valence-electron chi connectivity index (χ0n) is 11.1. The number of nitrogens with zero attached hydrogens (tertiary/aromatic N) is 1. The molecule has 0 aromatic heterocycles. The Bertz CT molecular complexity index is 418. The number of amidine groups is 1. The first kappa shape index (κ1) is 14.7. The van der Waals surface area contributed by atoms with Crippen molar-refractivity contribution < 1.29 is 5.21 Å². The van der Waals surface area contributed by atoms with Gasteiger partial charge in [0, 0.05) is 22.5 Å². The van der Waals surface area contributed by atoms with Crippen LogP contribution in [0.2, 0.25) is 0 Å². The molecular formula is C13H21N3OS. The summed E-state index contributed by atoms with van der Waals surface area (Å²) in [4.78, 5) is 1.23. The summed E-state index contributed by atoms with van der Waals surface area (Å²) in [5.41, 5.74) is 6.43. The molecule has 0 aliphatic heterocycles. The summed E-state index contributed by atoms with van der Waals surface area (Å²) in [6, 6.07) is 8.26. The van der Waals surface area contributed by atoms with E-state index < -0.39 is 0 Å². The lowest BCUT2D eigenvalue weighted by atomic mass is 9.88. The van der Waals surface area contributed by atoms with Crippen molar-refractivity contribution in [3.05, 3.63) is 24.3 Å². The molecule has 0 amide bonds. The highest BCUT2D eigenvalue weighted by atomic mass is 32.2. The molecule has 0 bridgehead atoms. The zero-order chi connectivity index (χ0) is 13.6. The van der Waals surface area contributed by atoms with Gasteiger partial charge in [0.2, 0.25) is 0 Å². The Hall–Kier alpha value is -1.36. The van der Waals surface area contributed by atoms with Crippen molar-refractivity contribution in [1.29, 1.82) is 0 Å². The number of oxime groups is 1. The van der Waals surface area contributed by atoms with Crippen molar-refractivity contribution in [2.45, 2.75) is 25.2 Å². The summed E-state index contributed by atoms with van der Waals surface area (Å²) in [5.74, 6) is 0.266. The molecular weight excluding hydrogens is 246 g/mol. The zero-order valence-corrected chi connectivity index (χ0v) is 11.9. The van der Waals surface area contributed by atoms with Gasteiger partial charge in [0.1, 0.15) is 5.84 Å². The van der Waals surface area contributed by atoms with E-state index in [1.54, 1.807) is 11.8 Å². The van der Waals surface area contributed by atoms with Crippen LogP contribution in [0.5, 0.6) is 0 Å². The van der Waals surface area contributed by atoms with E-state index in [0.29, 0.717) is 0 Å². The van der Waals surface area contributed by atoms with Gasteiger partial charge in [0.25, 0.3) is 0 Å². The van der Waals surface area contributed by atoms with Gasteiger partial charge in [-0.15, -0.1) is 11.8 Å². The normalized spacial score (nSPS) is 12.5. The Morgan fingerprint density at radius 3 is 2.83 bits per heavy atom. The van der Waals surface area contributed by atoms with Crippen LogP contribution < -0.4 is 11.1 Å². The number of nitrogens with two attached hydrogens (primary N) is 1. The topological polar surface area (TPSA) is 70.6 Å². The second kappa shape index (κ2) is 6.54. The smallest absolute Gasteiger partial charge is 0.144 e. The van der Waals surface area contributed by atoms with Gasteiger partial charge in [0.15, 0.2) is 0 Å². The number of thioether (sulfide) groups is 1. The maximum Gasteiger partial charge on any atom is 0.144 e. The number of nitrogens with one attached hydrogen (secondary N) is 1. The molecule has 5 heteroatoms. The Morgan fingerprint density at radius 1 is 1.50 bits per heavy atom. The van der Waals surface area contributed by atoms with E-state index in [1.807, 2.05) is 26.0 Å². The standard InChI is InChI=1S/C13H21N3OS/c1-13(2,12(14)16-17)7-8-15-10-5-4-6-11(9-10)18-3/h4-6,9,15,17H,7-8H2,1-3H3,(H2,14,16). The highest BCUT2D eigenvalue weighted by Crippen LogP contribution is 2.22. The molecule has 0 heterocycles. The van der Waals surface area contributed by atoms with Crippen molar-refractivity contribution in [3.63, 3.8) is 0 Å². The fourth-order valence-electron chi connectivity index (χ4n) is 1.52. The summed E-state index contributed by atoms with van der Waals surface area (Å²) in [6.07, 6.45) is 2.85. The number of anilines is 1. The van der Waals surface area contributed by atoms with Crippen LogP contribution in [0.25, 0.3) is 0 Å². The third kappa shape index (κ3) is 4.14.